The number of rotatable bonds is 9. The van der Waals surface area contributed by atoms with Crippen molar-refractivity contribution in [2.24, 2.45) is 0 Å². The zero-order valence-electron chi connectivity index (χ0n) is 24.1. The number of β-amino-alcohol motifs (C(OH)–C–C–N with tert-alkyl or cyclic N) is 2. The van der Waals surface area contributed by atoms with Crippen LogP contribution in [0.3, 0.4) is 0 Å². The Morgan fingerprint density at radius 2 is 1.80 bits per heavy atom. The number of aliphatic hydroxyl groups excluding tert-OH is 2. The van der Waals surface area contributed by atoms with Gasteiger partial charge in [-0.15, -0.1) is 0 Å². The van der Waals surface area contributed by atoms with E-state index in [9.17, 15) is 19.8 Å². The first-order valence-corrected chi connectivity index (χ1v) is 13.6. The minimum atomic E-state index is -0.888. The highest BCUT2D eigenvalue weighted by atomic mass is 16.5. The molecule has 2 atom stereocenters. The Morgan fingerprint density at radius 3 is 2.38 bits per heavy atom. The average molecular weight is 553 g/mol. The zero-order valence-corrected chi connectivity index (χ0v) is 24.1. The topological polar surface area (TPSA) is 135 Å². The number of benzene rings is 2. The molecule has 2 heterocycles. The number of hydrogen-bond donors (Lipinski definition) is 4. The number of anilines is 1. The molecule has 4 rings (SSSR count). The van der Waals surface area contributed by atoms with Gasteiger partial charge in [-0.25, -0.2) is 0 Å². The minimum absolute atomic E-state index is 0.0110. The number of carbonyl (C=O) groups is 2. The van der Waals surface area contributed by atoms with Gasteiger partial charge in [-0.3, -0.25) is 15.0 Å². The van der Waals surface area contributed by atoms with Crippen molar-refractivity contribution in [1.82, 2.24) is 10.2 Å². The van der Waals surface area contributed by atoms with Crippen molar-refractivity contribution < 1.29 is 29.3 Å². The van der Waals surface area contributed by atoms with E-state index in [-0.39, 0.29) is 49.0 Å². The summed E-state index contributed by atoms with van der Waals surface area (Å²) in [4.78, 5) is 29.4. The van der Waals surface area contributed by atoms with E-state index in [1.807, 2.05) is 50.8 Å². The van der Waals surface area contributed by atoms with Gasteiger partial charge in [-0.2, -0.15) is 0 Å². The molecule has 2 unspecified atom stereocenters. The molecule has 1 amide bonds. The largest absolute Gasteiger partial charge is 0.494 e. The van der Waals surface area contributed by atoms with E-state index < -0.39 is 12.2 Å². The highest BCUT2D eigenvalue weighted by Crippen LogP contribution is 2.41. The molecule has 0 saturated carbocycles. The molecule has 0 aliphatic carbocycles. The van der Waals surface area contributed by atoms with Gasteiger partial charge in [0.05, 0.1) is 44.6 Å². The van der Waals surface area contributed by atoms with Gasteiger partial charge < -0.3 is 34.8 Å². The van der Waals surface area contributed by atoms with Crippen LogP contribution in [-0.2, 0) is 23.2 Å². The Bertz CT molecular complexity index is 1310. The predicted octanol–water partition coefficient (Wildman–Crippen LogP) is 2.25. The van der Waals surface area contributed by atoms with Crippen LogP contribution in [0.1, 0.15) is 60.3 Å². The van der Waals surface area contributed by atoms with Crippen molar-refractivity contribution in [3.63, 3.8) is 0 Å². The molecule has 10 heteroatoms. The second-order valence-electron chi connectivity index (χ2n) is 11.4. The van der Waals surface area contributed by atoms with Crippen molar-refractivity contribution >= 4 is 23.2 Å². The number of amides is 1. The van der Waals surface area contributed by atoms with Crippen LogP contribution in [0.4, 0.5) is 5.69 Å². The van der Waals surface area contributed by atoms with E-state index in [0.717, 1.165) is 11.1 Å². The van der Waals surface area contributed by atoms with Crippen LogP contribution in [0.5, 0.6) is 11.5 Å². The maximum absolute atomic E-state index is 13.7. The van der Waals surface area contributed by atoms with E-state index in [0.29, 0.717) is 47.0 Å². The second kappa shape index (κ2) is 11.5. The predicted molar refractivity (Wildman–Crippen MR) is 153 cm³/mol. The highest BCUT2D eigenvalue weighted by molar-refractivity contribution is 6.06. The van der Waals surface area contributed by atoms with Crippen molar-refractivity contribution in [2.45, 2.75) is 58.3 Å². The first kappa shape index (κ1) is 29.4. The van der Waals surface area contributed by atoms with Gasteiger partial charge in [0, 0.05) is 48.9 Å². The lowest BCUT2D eigenvalue weighted by molar-refractivity contribution is -0.119. The van der Waals surface area contributed by atoms with Crippen molar-refractivity contribution in [3.05, 3.63) is 52.1 Å². The summed E-state index contributed by atoms with van der Waals surface area (Å²) in [5.74, 6) is 1.12. The van der Waals surface area contributed by atoms with Gasteiger partial charge in [0.1, 0.15) is 17.3 Å². The molecule has 0 aromatic heterocycles. The van der Waals surface area contributed by atoms with Crippen LogP contribution >= 0.6 is 0 Å². The van der Waals surface area contributed by atoms with E-state index in [1.165, 1.54) is 0 Å². The summed E-state index contributed by atoms with van der Waals surface area (Å²) in [6.45, 7) is 9.25. The molecule has 0 bridgehead atoms. The summed E-state index contributed by atoms with van der Waals surface area (Å²) < 4.78 is 11.6. The summed E-state index contributed by atoms with van der Waals surface area (Å²) in [5.41, 5.74) is 3.85. The van der Waals surface area contributed by atoms with Gasteiger partial charge in [-0.1, -0.05) is 20.8 Å². The Morgan fingerprint density at radius 1 is 1.12 bits per heavy atom. The quantitative estimate of drug-likeness (QED) is 0.348. The maximum atomic E-state index is 13.7. The van der Waals surface area contributed by atoms with E-state index in [2.05, 4.69) is 5.32 Å². The number of likely N-dealkylation sites (N-methyl/N-ethyl adjacent to an activating group) is 1. The number of ether oxygens (including phenoxy) is 2. The molecular weight excluding hydrogens is 512 g/mol. The highest BCUT2D eigenvalue weighted by Gasteiger charge is 2.34. The molecule has 4 N–H and O–H groups in total. The first-order chi connectivity index (χ1) is 18.9. The number of aliphatic hydroxyl groups is 2. The number of hydrogen-bond acceptors (Lipinski definition) is 8. The Kier molecular flexibility index (Phi) is 8.41. The minimum Gasteiger partial charge on any atom is -0.494 e. The van der Waals surface area contributed by atoms with Crippen LogP contribution in [0.2, 0.25) is 0 Å². The molecule has 1 fully saturated rings. The molecule has 0 radical (unpaired) electrons. The number of amidine groups is 1. The molecular formula is C30H40N4O6. The number of fused-ring (bicyclic) bond motifs is 1. The summed E-state index contributed by atoms with van der Waals surface area (Å²) >= 11 is 0. The number of nitrogens with one attached hydrogen (secondary N) is 2. The standard InChI is InChI=1S/C30H40N4O6/c1-7-40-26-11-19-13-34(29(31)20(19)8-18(26)12-27(38)32-5)14-23(35)17-9-21(30(2,3)4)28(39-6)22(10-17)33-15-24(36)25(37)16-33/h8-11,24-25,31,36-37H,7,12-16H2,1-6H3,(H,32,38). The summed E-state index contributed by atoms with van der Waals surface area (Å²) in [6.07, 6.45) is -1.64. The summed E-state index contributed by atoms with van der Waals surface area (Å²) in [7, 11) is 3.16. The zero-order chi connectivity index (χ0) is 29.4. The summed E-state index contributed by atoms with van der Waals surface area (Å²) in [6, 6.07) is 7.27. The smallest absolute Gasteiger partial charge is 0.224 e. The van der Waals surface area contributed by atoms with Gasteiger partial charge in [0.15, 0.2) is 5.78 Å². The fraction of sp³-hybridized carbons (Fsp3) is 0.500. The molecule has 2 aliphatic rings. The Labute approximate surface area is 235 Å². The molecule has 40 heavy (non-hydrogen) atoms. The lowest BCUT2D eigenvalue weighted by atomic mass is 9.84. The van der Waals surface area contributed by atoms with Crippen LogP contribution in [-0.4, -0.2) is 85.2 Å². The lowest BCUT2D eigenvalue weighted by Crippen LogP contribution is -2.31. The van der Waals surface area contributed by atoms with Gasteiger partial charge in [0.2, 0.25) is 5.91 Å². The Balaban J connectivity index is 1.65. The molecule has 1 saturated heterocycles. The van der Waals surface area contributed by atoms with Crippen molar-refractivity contribution in [3.8, 4) is 11.5 Å². The third-order valence-electron chi connectivity index (χ3n) is 7.49. The van der Waals surface area contributed by atoms with Crippen LogP contribution in [0.15, 0.2) is 24.3 Å². The van der Waals surface area contributed by atoms with Crippen molar-refractivity contribution in [1.29, 1.82) is 5.41 Å². The molecule has 2 aromatic rings. The third-order valence-corrected chi connectivity index (χ3v) is 7.49. The van der Waals surface area contributed by atoms with E-state index in [1.54, 1.807) is 25.1 Å². The molecule has 2 aromatic carbocycles. The van der Waals surface area contributed by atoms with Crippen molar-refractivity contribution in [2.75, 3.05) is 45.3 Å². The normalized spacial score (nSPS) is 18.6. The number of Topliss-reactive ketones (excluding diaryl/α,β-unsaturated/α-hetero) is 1. The SMILES string of the molecule is CCOc1cc2c(cc1CC(=O)NC)C(=N)N(CC(=O)c1cc(N3CC(O)C(O)C3)c(OC)c(C(C)(C)C)c1)C2. The second-order valence-corrected chi connectivity index (χ2v) is 11.4. The lowest BCUT2D eigenvalue weighted by Gasteiger charge is -2.29. The average Bonchev–Trinajstić information content (AvgIpc) is 3.40. The molecule has 2 aliphatic heterocycles. The Hall–Kier alpha value is -3.63. The molecule has 0 spiro atoms. The van der Waals surface area contributed by atoms with Crippen LogP contribution < -0.4 is 19.7 Å². The van der Waals surface area contributed by atoms with E-state index >= 15 is 0 Å². The molecule has 216 valence electrons. The van der Waals surface area contributed by atoms with Gasteiger partial charge >= 0.3 is 0 Å². The maximum Gasteiger partial charge on any atom is 0.224 e. The monoisotopic (exact) mass is 552 g/mol. The van der Waals surface area contributed by atoms with E-state index in [4.69, 9.17) is 14.9 Å². The van der Waals surface area contributed by atoms with Crippen LogP contribution in [0.25, 0.3) is 0 Å². The van der Waals surface area contributed by atoms with Crippen LogP contribution in [0, 0.1) is 5.41 Å². The number of methoxy groups -OCH3 is 1. The number of ketones is 1. The van der Waals surface area contributed by atoms with Gasteiger partial charge in [0.25, 0.3) is 0 Å². The number of carbonyl (C=O) groups excluding carboxylic acids is 2. The first-order valence-electron chi connectivity index (χ1n) is 13.6. The fourth-order valence-corrected chi connectivity index (χ4v) is 5.31. The fourth-order valence-electron chi connectivity index (χ4n) is 5.31. The molecule has 10 nitrogen and oxygen atoms in total. The van der Waals surface area contributed by atoms with Gasteiger partial charge in [-0.05, 0) is 42.2 Å². The summed E-state index contributed by atoms with van der Waals surface area (Å²) in [5, 5.41) is 31.8. The third kappa shape index (κ3) is 5.78. The number of nitrogens with zero attached hydrogens (tertiary/aromatic N) is 2.